The van der Waals surface area contributed by atoms with E-state index >= 15 is 0 Å². The van der Waals surface area contributed by atoms with Crippen molar-refractivity contribution in [2.45, 2.75) is 79.2 Å². The molecule has 20 heavy (non-hydrogen) atoms. The molecule has 0 aliphatic heterocycles. The van der Waals surface area contributed by atoms with Crippen molar-refractivity contribution in [1.29, 1.82) is 0 Å². The van der Waals surface area contributed by atoms with Gasteiger partial charge in [-0.05, 0) is 74.5 Å². The maximum Gasteiger partial charge on any atom is 0.302 e. The summed E-state index contributed by atoms with van der Waals surface area (Å²) < 4.78 is 5.39. The summed E-state index contributed by atoms with van der Waals surface area (Å²) in [6.07, 6.45) is 8.08. The summed E-state index contributed by atoms with van der Waals surface area (Å²) in [7, 11) is 0. The molecule has 0 spiro atoms. The molecule has 2 nitrogen and oxygen atoms in total. The van der Waals surface area contributed by atoms with E-state index in [1.807, 2.05) is 0 Å². The minimum absolute atomic E-state index is 0.0687. The topological polar surface area (TPSA) is 26.3 Å². The molecule has 2 bridgehead atoms. The molecule has 0 N–H and O–H groups in total. The van der Waals surface area contributed by atoms with Gasteiger partial charge in [0.15, 0.2) is 0 Å². The van der Waals surface area contributed by atoms with Gasteiger partial charge in [0.25, 0.3) is 0 Å². The Morgan fingerprint density at radius 1 is 1.35 bits per heavy atom. The molecular formula is C18H32O2. The third kappa shape index (κ3) is 3.04. The van der Waals surface area contributed by atoms with Gasteiger partial charge in [-0.3, -0.25) is 4.79 Å². The van der Waals surface area contributed by atoms with Crippen LogP contribution < -0.4 is 0 Å². The standard InChI is InChI=1S/C18H32O2/c1-6-14(12(2)20-13(3)19)8-10-17-15-7-9-16(11-15)18(17,4)5/h12,14-17H,6-11H2,1-5H3. The summed E-state index contributed by atoms with van der Waals surface area (Å²) in [6.45, 7) is 10.8. The third-order valence-electron chi connectivity index (χ3n) is 6.44. The Morgan fingerprint density at radius 3 is 2.55 bits per heavy atom. The van der Waals surface area contributed by atoms with Crippen molar-refractivity contribution in [3.8, 4) is 0 Å². The quantitative estimate of drug-likeness (QED) is 0.652. The highest BCUT2D eigenvalue weighted by molar-refractivity contribution is 5.66. The van der Waals surface area contributed by atoms with Crippen molar-refractivity contribution >= 4 is 5.97 Å². The van der Waals surface area contributed by atoms with Crippen LogP contribution in [0.1, 0.15) is 73.1 Å². The van der Waals surface area contributed by atoms with E-state index in [1.165, 1.54) is 39.0 Å². The SMILES string of the molecule is CCC(CCC1C2CCC(C2)C1(C)C)C(C)OC(C)=O. The van der Waals surface area contributed by atoms with Gasteiger partial charge in [-0.2, -0.15) is 0 Å². The van der Waals surface area contributed by atoms with Crippen LogP contribution in [-0.2, 0) is 9.53 Å². The van der Waals surface area contributed by atoms with E-state index in [-0.39, 0.29) is 12.1 Å². The Morgan fingerprint density at radius 2 is 2.05 bits per heavy atom. The van der Waals surface area contributed by atoms with Crippen LogP contribution in [-0.4, -0.2) is 12.1 Å². The summed E-state index contributed by atoms with van der Waals surface area (Å²) in [5, 5.41) is 0. The van der Waals surface area contributed by atoms with E-state index in [2.05, 4.69) is 27.7 Å². The molecule has 2 aliphatic carbocycles. The van der Waals surface area contributed by atoms with Crippen LogP contribution in [0.5, 0.6) is 0 Å². The van der Waals surface area contributed by atoms with Gasteiger partial charge in [-0.25, -0.2) is 0 Å². The maximum atomic E-state index is 11.1. The molecule has 116 valence electrons. The molecule has 2 aliphatic rings. The summed E-state index contributed by atoms with van der Waals surface area (Å²) in [6, 6.07) is 0. The molecule has 0 aromatic carbocycles. The van der Waals surface area contributed by atoms with Gasteiger partial charge in [-0.15, -0.1) is 0 Å². The molecule has 0 saturated heterocycles. The summed E-state index contributed by atoms with van der Waals surface area (Å²) in [5.74, 6) is 3.20. The zero-order valence-electron chi connectivity index (χ0n) is 13.9. The highest BCUT2D eigenvalue weighted by Crippen LogP contribution is 2.60. The molecule has 0 aromatic rings. The van der Waals surface area contributed by atoms with Crippen molar-refractivity contribution in [3.63, 3.8) is 0 Å². The maximum absolute atomic E-state index is 11.1. The molecule has 0 amide bonds. The lowest BCUT2D eigenvalue weighted by molar-refractivity contribution is -0.148. The lowest BCUT2D eigenvalue weighted by atomic mass is 9.66. The first-order valence-corrected chi connectivity index (χ1v) is 8.53. The van der Waals surface area contributed by atoms with Crippen molar-refractivity contribution < 1.29 is 9.53 Å². The van der Waals surface area contributed by atoms with Gasteiger partial charge in [0.1, 0.15) is 6.10 Å². The monoisotopic (exact) mass is 280 g/mol. The number of fused-ring (bicyclic) bond motifs is 2. The van der Waals surface area contributed by atoms with E-state index in [0.717, 1.165) is 24.2 Å². The highest BCUT2D eigenvalue weighted by atomic mass is 16.5. The van der Waals surface area contributed by atoms with Crippen LogP contribution in [0.2, 0.25) is 0 Å². The zero-order valence-corrected chi connectivity index (χ0v) is 13.9. The van der Waals surface area contributed by atoms with E-state index in [4.69, 9.17) is 4.74 Å². The minimum Gasteiger partial charge on any atom is -0.463 e. The number of hydrogen-bond acceptors (Lipinski definition) is 2. The van der Waals surface area contributed by atoms with Crippen molar-refractivity contribution in [2.24, 2.45) is 29.1 Å². The van der Waals surface area contributed by atoms with Crippen LogP contribution in [0.3, 0.4) is 0 Å². The normalized spacial score (nSPS) is 34.0. The Balaban J connectivity index is 1.88. The predicted molar refractivity (Wildman–Crippen MR) is 82.3 cm³/mol. The summed E-state index contributed by atoms with van der Waals surface area (Å²) in [4.78, 5) is 11.1. The van der Waals surface area contributed by atoms with Gasteiger partial charge in [0.05, 0.1) is 0 Å². The Labute approximate surface area is 124 Å². The second-order valence-electron chi connectivity index (χ2n) is 7.76. The lowest BCUT2D eigenvalue weighted by Crippen LogP contribution is -2.32. The number of hydrogen-bond donors (Lipinski definition) is 0. The van der Waals surface area contributed by atoms with Gasteiger partial charge in [-0.1, -0.05) is 20.8 Å². The summed E-state index contributed by atoms with van der Waals surface area (Å²) in [5.41, 5.74) is 0.534. The van der Waals surface area contributed by atoms with Gasteiger partial charge < -0.3 is 4.74 Å². The van der Waals surface area contributed by atoms with Crippen LogP contribution in [0.15, 0.2) is 0 Å². The molecule has 5 atom stereocenters. The molecule has 0 aromatic heterocycles. The van der Waals surface area contributed by atoms with Gasteiger partial charge in [0, 0.05) is 6.92 Å². The molecule has 2 saturated carbocycles. The molecule has 0 radical (unpaired) electrons. The van der Waals surface area contributed by atoms with Crippen LogP contribution in [0.4, 0.5) is 0 Å². The number of carbonyl (C=O) groups excluding carboxylic acids is 1. The van der Waals surface area contributed by atoms with E-state index < -0.39 is 0 Å². The second-order valence-corrected chi connectivity index (χ2v) is 7.76. The van der Waals surface area contributed by atoms with Crippen molar-refractivity contribution in [1.82, 2.24) is 0 Å². The first-order chi connectivity index (χ1) is 9.36. The zero-order chi connectivity index (χ0) is 14.9. The fourth-order valence-electron chi connectivity index (χ4n) is 5.10. The number of carbonyl (C=O) groups is 1. The molecule has 5 unspecified atom stereocenters. The summed E-state index contributed by atoms with van der Waals surface area (Å²) >= 11 is 0. The van der Waals surface area contributed by atoms with Gasteiger partial charge in [0.2, 0.25) is 0 Å². The molecular weight excluding hydrogens is 248 g/mol. The van der Waals surface area contributed by atoms with Crippen LogP contribution in [0.25, 0.3) is 0 Å². The highest BCUT2D eigenvalue weighted by Gasteiger charge is 2.52. The van der Waals surface area contributed by atoms with Crippen molar-refractivity contribution in [2.75, 3.05) is 0 Å². The minimum atomic E-state index is -0.142. The first-order valence-electron chi connectivity index (χ1n) is 8.53. The average Bonchev–Trinajstić information content (AvgIpc) is 2.90. The second kappa shape index (κ2) is 6.07. The predicted octanol–water partition coefficient (Wildman–Crippen LogP) is 4.82. The van der Waals surface area contributed by atoms with Crippen molar-refractivity contribution in [3.05, 3.63) is 0 Å². The molecule has 2 fully saturated rings. The van der Waals surface area contributed by atoms with Crippen LogP contribution >= 0.6 is 0 Å². The smallest absolute Gasteiger partial charge is 0.302 e. The fraction of sp³-hybridized carbons (Fsp3) is 0.944. The molecule has 2 rings (SSSR count). The van der Waals surface area contributed by atoms with Crippen LogP contribution in [0, 0.1) is 29.1 Å². The lowest BCUT2D eigenvalue weighted by Gasteiger charge is -2.39. The molecule has 0 heterocycles. The Kier molecular flexibility index (Phi) is 4.81. The Hall–Kier alpha value is -0.530. The average molecular weight is 280 g/mol. The van der Waals surface area contributed by atoms with E-state index in [9.17, 15) is 4.79 Å². The van der Waals surface area contributed by atoms with Gasteiger partial charge >= 0.3 is 5.97 Å². The number of ether oxygens (including phenoxy) is 1. The largest absolute Gasteiger partial charge is 0.463 e. The first kappa shape index (κ1) is 15.9. The third-order valence-corrected chi connectivity index (χ3v) is 6.44. The Bertz CT molecular complexity index is 347. The fourth-order valence-corrected chi connectivity index (χ4v) is 5.10. The molecule has 2 heteroatoms. The van der Waals surface area contributed by atoms with E-state index in [0.29, 0.717) is 11.3 Å². The number of esters is 1. The van der Waals surface area contributed by atoms with E-state index in [1.54, 1.807) is 0 Å². The number of rotatable bonds is 6.